The maximum atomic E-state index is 5.72. The fourth-order valence-corrected chi connectivity index (χ4v) is 3.36. The highest BCUT2D eigenvalue weighted by molar-refractivity contribution is 7.98. The van der Waals surface area contributed by atoms with Crippen molar-refractivity contribution < 1.29 is 14.0 Å². The molecule has 1 aliphatic rings. The Morgan fingerprint density at radius 2 is 1.92 bits per heavy atom. The van der Waals surface area contributed by atoms with Crippen molar-refractivity contribution in [2.45, 2.75) is 24.0 Å². The number of rotatable bonds is 4. The maximum Gasteiger partial charge on any atom is 0.237 e. The molecular weight excluding hydrogens is 336 g/mol. The first-order chi connectivity index (χ1) is 12.3. The predicted octanol–water partition coefficient (Wildman–Crippen LogP) is 4.50. The number of ether oxygens (including phenoxy) is 2. The van der Waals surface area contributed by atoms with E-state index in [2.05, 4.69) is 10.1 Å². The van der Waals surface area contributed by atoms with E-state index >= 15 is 0 Å². The molecule has 0 N–H and O–H groups in total. The minimum absolute atomic E-state index is 0.605. The molecule has 0 unspecified atom stereocenters. The number of hydrogen-bond donors (Lipinski definition) is 0. The first kappa shape index (κ1) is 16.0. The fourth-order valence-electron chi connectivity index (χ4n) is 2.59. The average molecular weight is 354 g/mol. The summed E-state index contributed by atoms with van der Waals surface area (Å²) < 4.78 is 16.8. The van der Waals surface area contributed by atoms with Gasteiger partial charge in [0.1, 0.15) is 0 Å². The molecule has 6 heteroatoms. The molecule has 2 heterocycles. The van der Waals surface area contributed by atoms with Gasteiger partial charge in [0.15, 0.2) is 11.5 Å². The lowest BCUT2D eigenvalue weighted by Gasteiger charge is -2.08. The van der Waals surface area contributed by atoms with Crippen LogP contribution in [0.5, 0.6) is 11.5 Å². The topological polar surface area (TPSA) is 57.4 Å². The third-order valence-corrected chi connectivity index (χ3v) is 4.80. The van der Waals surface area contributed by atoms with Crippen LogP contribution in [0.15, 0.2) is 51.9 Å². The highest BCUT2D eigenvalue weighted by atomic mass is 32.2. The van der Waals surface area contributed by atoms with Crippen molar-refractivity contribution in [3.8, 4) is 22.9 Å². The van der Waals surface area contributed by atoms with Gasteiger partial charge >= 0.3 is 0 Å². The summed E-state index contributed by atoms with van der Waals surface area (Å²) in [6.45, 7) is 3.43. The normalized spacial score (nSPS) is 13.5. The molecule has 3 aromatic rings. The molecule has 1 aliphatic heterocycles. The molecule has 25 heavy (non-hydrogen) atoms. The molecule has 128 valence electrons. The van der Waals surface area contributed by atoms with Crippen molar-refractivity contribution in [1.29, 1.82) is 0 Å². The Kier molecular flexibility index (Phi) is 4.61. The molecule has 0 bridgehead atoms. The van der Waals surface area contributed by atoms with Crippen LogP contribution < -0.4 is 9.47 Å². The Labute approximate surface area is 150 Å². The number of aromatic nitrogens is 2. The van der Waals surface area contributed by atoms with Gasteiger partial charge in [-0.25, -0.2) is 0 Å². The van der Waals surface area contributed by atoms with E-state index < -0.39 is 0 Å². The minimum atomic E-state index is 0.605. The van der Waals surface area contributed by atoms with E-state index in [4.69, 9.17) is 14.0 Å². The van der Waals surface area contributed by atoms with Crippen molar-refractivity contribution >= 4 is 11.8 Å². The third kappa shape index (κ3) is 3.79. The first-order valence-electron chi connectivity index (χ1n) is 8.20. The zero-order chi connectivity index (χ0) is 17.1. The van der Waals surface area contributed by atoms with Crippen LogP contribution in [0.1, 0.15) is 17.9 Å². The molecule has 0 radical (unpaired) electrons. The van der Waals surface area contributed by atoms with Gasteiger partial charge in [0.2, 0.25) is 11.7 Å². The number of thioether (sulfide) groups is 1. The average Bonchev–Trinajstić information content (AvgIpc) is 2.98. The summed E-state index contributed by atoms with van der Waals surface area (Å²) in [6.07, 6.45) is 0.904. The van der Waals surface area contributed by atoms with Gasteiger partial charge in [-0.05, 0) is 31.2 Å². The van der Waals surface area contributed by atoms with Crippen molar-refractivity contribution in [2.75, 3.05) is 13.2 Å². The molecule has 0 amide bonds. The summed E-state index contributed by atoms with van der Waals surface area (Å²) in [5, 5.41) is 4.08. The van der Waals surface area contributed by atoms with Gasteiger partial charge in [0.25, 0.3) is 0 Å². The van der Waals surface area contributed by atoms with E-state index in [-0.39, 0.29) is 0 Å². The zero-order valence-electron chi connectivity index (χ0n) is 13.9. The molecule has 4 rings (SSSR count). The maximum absolute atomic E-state index is 5.72. The third-order valence-electron chi connectivity index (χ3n) is 3.83. The monoisotopic (exact) mass is 354 g/mol. The quantitative estimate of drug-likeness (QED) is 0.643. The van der Waals surface area contributed by atoms with E-state index in [0.29, 0.717) is 30.7 Å². The number of nitrogens with zero attached hydrogens (tertiary/aromatic N) is 2. The Hall–Kier alpha value is -2.47. The highest BCUT2D eigenvalue weighted by Gasteiger charge is 2.13. The molecular formula is C19H18N2O3S. The van der Waals surface area contributed by atoms with Crippen LogP contribution in [0, 0.1) is 6.92 Å². The number of benzene rings is 2. The lowest BCUT2D eigenvalue weighted by Crippen LogP contribution is -1.97. The molecule has 0 aliphatic carbocycles. The summed E-state index contributed by atoms with van der Waals surface area (Å²) in [5.74, 6) is 3.44. The number of hydrogen-bond acceptors (Lipinski definition) is 6. The molecule has 0 spiro atoms. The molecule has 2 aromatic carbocycles. The minimum Gasteiger partial charge on any atom is -0.490 e. The Morgan fingerprint density at radius 1 is 1.04 bits per heavy atom. The van der Waals surface area contributed by atoms with E-state index in [1.54, 1.807) is 11.8 Å². The summed E-state index contributed by atoms with van der Waals surface area (Å²) >= 11 is 1.63. The predicted molar refractivity (Wildman–Crippen MR) is 96.1 cm³/mol. The number of fused-ring (bicyclic) bond motifs is 1. The second-order valence-corrected chi connectivity index (χ2v) is 6.88. The molecule has 0 saturated carbocycles. The van der Waals surface area contributed by atoms with E-state index in [1.165, 1.54) is 5.56 Å². The van der Waals surface area contributed by atoms with E-state index in [0.717, 1.165) is 28.4 Å². The van der Waals surface area contributed by atoms with Gasteiger partial charge in [-0.3, -0.25) is 0 Å². The lowest BCUT2D eigenvalue weighted by molar-refractivity contribution is 0.297. The van der Waals surface area contributed by atoms with Crippen LogP contribution >= 0.6 is 11.8 Å². The Balaban J connectivity index is 1.44. The smallest absolute Gasteiger partial charge is 0.237 e. The SMILES string of the molecule is Cc1cccc(-c2noc(CSc3ccc4c(c3)OCCCO4)n2)c1. The Bertz CT molecular complexity index is 879. The first-order valence-corrected chi connectivity index (χ1v) is 9.18. The van der Waals surface area contributed by atoms with Gasteiger partial charge in [-0.2, -0.15) is 4.98 Å². The summed E-state index contributed by atoms with van der Waals surface area (Å²) in [5.41, 5.74) is 2.14. The largest absolute Gasteiger partial charge is 0.490 e. The highest BCUT2D eigenvalue weighted by Crippen LogP contribution is 2.34. The zero-order valence-corrected chi connectivity index (χ0v) is 14.7. The van der Waals surface area contributed by atoms with E-state index in [1.807, 2.05) is 49.4 Å². The van der Waals surface area contributed by atoms with E-state index in [9.17, 15) is 0 Å². The van der Waals surface area contributed by atoms with Crippen LogP contribution in [0.4, 0.5) is 0 Å². The van der Waals surface area contributed by atoms with Crippen molar-refractivity contribution in [3.63, 3.8) is 0 Å². The lowest BCUT2D eigenvalue weighted by atomic mass is 10.1. The van der Waals surface area contributed by atoms with Gasteiger partial charge in [-0.15, -0.1) is 11.8 Å². The molecule has 5 nitrogen and oxygen atoms in total. The Morgan fingerprint density at radius 3 is 2.80 bits per heavy atom. The fraction of sp³-hybridized carbons (Fsp3) is 0.263. The van der Waals surface area contributed by atoms with Gasteiger partial charge in [0, 0.05) is 16.9 Å². The molecule has 0 fully saturated rings. The summed E-state index contributed by atoms with van der Waals surface area (Å²) in [6, 6.07) is 14.1. The second-order valence-electron chi connectivity index (χ2n) is 5.83. The summed E-state index contributed by atoms with van der Waals surface area (Å²) in [7, 11) is 0. The number of aryl methyl sites for hydroxylation is 1. The van der Waals surface area contributed by atoms with Crippen molar-refractivity contribution in [1.82, 2.24) is 10.1 Å². The molecule has 1 aromatic heterocycles. The van der Waals surface area contributed by atoms with Gasteiger partial charge in [-0.1, -0.05) is 28.9 Å². The van der Waals surface area contributed by atoms with Crippen LogP contribution in [0.2, 0.25) is 0 Å². The van der Waals surface area contributed by atoms with Gasteiger partial charge < -0.3 is 14.0 Å². The summed E-state index contributed by atoms with van der Waals surface area (Å²) in [4.78, 5) is 5.57. The van der Waals surface area contributed by atoms with Crippen LogP contribution in [0.25, 0.3) is 11.4 Å². The second kappa shape index (κ2) is 7.19. The van der Waals surface area contributed by atoms with Crippen molar-refractivity contribution in [2.24, 2.45) is 0 Å². The standard InChI is InChI=1S/C19H18N2O3S/c1-13-4-2-5-14(10-13)19-20-18(24-21-19)12-25-15-6-7-16-17(11-15)23-9-3-8-22-16/h2,4-7,10-11H,3,8-9,12H2,1H3. The van der Waals surface area contributed by atoms with Crippen LogP contribution in [-0.2, 0) is 5.75 Å². The van der Waals surface area contributed by atoms with Gasteiger partial charge in [0.05, 0.1) is 19.0 Å². The molecule has 0 atom stereocenters. The van der Waals surface area contributed by atoms with Crippen LogP contribution in [-0.4, -0.2) is 23.4 Å². The van der Waals surface area contributed by atoms with Crippen LogP contribution in [0.3, 0.4) is 0 Å². The molecule has 0 saturated heterocycles. The van der Waals surface area contributed by atoms with Crippen molar-refractivity contribution in [3.05, 3.63) is 53.9 Å².